The Morgan fingerprint density at radius 2 is 1.63 bits per heavy atom. The first kappa shape index (κ1) is 13.3. The highest BCUT2D eigenvalue weighted by molar-refractivity contribution is 5.54. The molecule has 2 rings (SSSR count). The minimum atomic E-state index is 0.184. The van der Waals surface area contributed by atoms with Crippen LogP contribution < -0.4 is 5.32 Å². The van der Waals surface area contributed by atoms with Crippen molar-refractivity contribution in [3.63, 3.8) is 0 Å². The molecule has 2 aromatic rings. The predicted octanol–water partition coefficient (Wildman–Crippen LogP) is 3.97. The summed E-state index contributed by atoms with van der Waals surface area (Å²) in [6.45, 7) is 4.08. The molecule has 0 saturated heterocycles. The number of phenolic OH excluding ortho intramolecular Hbond substituents is 2. The van der Waals surface area contributed by atoms with Crippen LogP contribution in [-0.4, -0.2) is 10.2 Å². The summed E-state index contributed by atoms with van der Waals surface area (Å²) >= 11 is 0. The van der Waals surface area contributed by atoms with Gasteiger partial charge in [-0.15, -0.1) is 0 Å². The molecule has 3 N–H and O–H groups in total. The fourth-order valence-electron chi connectivity index (χ4n) is 2.13. The van der Waals surface area contributed by atoms with Crippen LogP contribution >= 0.6 is 0 Å². The van der Waals surface area contributed by atoms with Crippen molar-refractivity contribution < 1.29 is 10.2 Å². The van der Waals surface area contributed by atoms with E-state index in [9.17, 15) is 10.2 Å². The molecule has 1 atom stereocenters. The molecule has 0 aliphatic carbocycles. The lowest BCUT2D eigenvalue weighted by Gasteiger charge is -2.20. The summed E-state index contributed by atoms with van der Waals surface area (Å²) in [5.41, 5.74) is 3.16. The second kappa shape index (κ2) is 5.65. The van der Waals surface area contributed by atoms with Gasteiger partial charge in [0.15, 0.2) is 0 Å². The SMILES string of the molecule is CCC(Nc1ccc(O)cc1C)c1ccc(O)cc1. The normalized spacial score (nSPS) is 12.1. The van der Waals surface area contributed by atoms with E-state index in [-0.39, 0.29) is 17.5 Å². The maximum absolute atomic E-state index is 9.42. The summed E-state index contributed by atoms with van der Waals surface area (Å²) in [4.78, 5) is 0. The van der Waals surface area contributed by atoms with E-state index in [1.807, 2.05) is 25.1 Å². The van der Waals surface area contributed by atoms with Crippen LogP contribution in [0.4, 0.5) is 5.69 Å². The summed E-state index contributed by atoms with van der Waals surface area (Å²) in [6, 6.07) is 12.7. The highest BCUT2D eigenvalue weighted by Crippen LogP contribution is 2.27. The van der Waals surface area contributed by atoms with E-state index in [2.05, 4.69) is 12.2 Å². The molecular formula is C16H19NO2. The average molecular weight is 257 g/mol. The first-order valence-corrected chi connectivity index (χ1v) is 6.45. The summed E-state index contributed by atoms with van der Waals surface area (Å²) in [5, 5.41) is 22.2. The van der Waals surface area contributed by atoms with Crippen LogP contribution in [0.25, 0.3) is 0 Å². The van der Waals surface area contributed by atoms with Crippen LogP contribution in [0, 0.1) is 6.92 Å². The molecule has 0 radical (unpaired) electrons. The van der Waals surface area contributed by atoms with Crippen LogP contribution in [0.5, 0.6) is 11.5 Å². The molecule has 0 bridgehead atoms. The third-order valence-corrected chi connectivity index (χ3v) is 3.24. The van der Waals surface area contributed by atoms with Crippen molar-refractivity contribution in [1.82, 2.24) is 0 Å². The van der Waals surface area contributed by atoms with E-state index in [4.69, 9.17) is 0 Å². The molecule has 0 fully saturated rings. The molecule has 0 aliphatic rings. The smallest absolute Gasteiger partial charge is 0.115 e. The van der Waals surface area contributed by atoms with E-state index >= 15 is 0 Å². The van der Waals surface area contributed by atoms with Crippen LogP contribution in [0.2, 0.25) is 0 Å². The number of phenols is 2. The Kier molecular flexibility index (Phi) is 3.95. The largest absolute Gasteiger partial charge is 0.508 e. The van der Waals surface area contributed by atoms with Gasteiger partial charge < -0.3 is 15.5 Å². The van der Waals surface area contributed by atoms with Gasteiger partial charge in [0.1, 0.15) is 11.5 Å². The topological polar surface area (TPSA) is 52.5 Å². The van der Waals surface area contributed by atoms with Crippen LogP contribution in [-0.2, 0) is 0 Å². The Labute approximate surface area is 113 Å². The number of anilines is 1. The Morgan fingerprint density at radius 3 is 2.21 bits per heavy atom. The lowest BCUT2D eigenvalue weighted by molar-refractivity contribution is 0.474. The minimum Gasteiger partial charge on any atom is -0.508 e. The van der Waals surface area contributed by atoms with Crippen molar-refractivity contribution in [3.8, 4) is 11.5 Å². The highest BCUT2D eigenvalue weighted by atomic mass is 16.3. The maximum Gasteiger partial charge on any atom is 0.115 e. The van der Waals surface area contributed by atoms with Gasteiger partial charge in [0.2, 0.25) is 0 Å². The molecule has 0 aromatic heterocycles. The van der Waals surface area contributed by atoms with E-state index in [0.717, 1.165) is 23.2 Å². The lowest BCUT2D eigenvalue weighted by Crippen LogP contribution is -2.10. The number of nitrogens with one attached hydrogen (secondary N) is 1. The monoisotopic (exact) mass is 257 g/mol. The van der Waals surface area contributed by atoms with Gasteiger partial charge in [-0.25, -0.2) is 0 Å². The Balaban J connectivity index is 2.21. The van der Waals surface area contributed by atoms with Crippen LogP contribution in [0.1, 0.15) is 30.5 Å². The number of benzene rings is 2. The number of rotatable bonds is 4. The van der Waals surface area contributed by atoms with Crippen LogP contribution in [0.3, 0.4) is 0 Å². The van der Waals surface area contributed by atoms with E-state index in [0.29, 0.717) is 0 Å². The number of aromatic hydroxyl groups is 2. The lowest BCUT2D eigenvalue weighted by atomic mass is 10.0. The molecule has 19 heavy (non-hydrogen) atoms. The Hall–Kier alpha value is -2.16. The van der Waals surface area contributed by atoms with E-state index in [1.165, 1.54) is 0 Å². The fourth-order valence-corrected chi connectivity index (χ4v) is 2.13. The van der Waals surface area contributed by atoms with Gasteiger partial charge in [-0.2, -0.15) is 0 Å². The van der Waals surface area contributed by atoms with Crippen molar-refractivity contribution in [2.75, 3.05) is 5.32 Å². The Morgan fingerprint density at radius 1 is 1.00 bits per heavy atom. The third kappa shape index (κ3) is 3.19. The summed E-state index contributed by atoms with van der Waals surface area (Å²) in [7, 11) is 0. The first-order chi connectivity index (χ1) is 9.10. The summed E-state index contributed by atoms with van der Waals surface area (Å²) in [6.07, 6.45) is 0.936. The highest BCUT2D eigenvalue weighted by Gasteiger charge is 2.10. The fraction of sp³-hybridized carbons (Fsp3) is 0.250. The number of hydrogen-bond acceptors (Lipinski definition) is 3. The standard InChI is InChI=1S/C16H19NO2/c1-3-15(12-4-6-13(18)7-5-12)17-16-9-8-14(19)10-11(16)2/h4-10,15,17-19H,3H2,1-2H3. The second-order valence-electron chi connectivity index (χ2n) is 4.70. The zero-order valence-electron chi connectivity index (χ0n) is 11.2. The van der Waals surface area contributed by atoms with E-state index in [1.54, 1.807) is 24.3 Å². The van der Waals surface area contributed by atoms with Gasteiger partial charge in [0.05, 0.1) is 6.04 Å². The van der Waals surface area contributed by atoms with Crippen molar-refractivity contribution in [1.29, 1.82) is 0 Å². The number of hydrogen-bond donors (Lipinski definition) is 3. The molecular weight excluding hydrogens is 238 g/mol. The zero-order valence-corrected chi connectivity index (χ0v) is 11.2. The maximum atomic E-state index is 9.42. The van der Waals surface area contributed by atoms with Gasteiger partial charge in [0.25, 0.3) is 0 Å². The Bertz CT molecular complexity index is 549. The van der Waals surface area contributed by atoms with Crippen molar-refractivity contribution >= 4 is 5.69 Å². The van der Waals surface area contributed by atoms with Gasteiger partial charge in [-0.1, -0.05) is 19.1 Å². The van der Waals surface area contributed by atoms with Crippen molar-refractivity contribution in [2.24, 2.45) is 0 Å². The summed E-state index contributed by atoms with van der Waals surface area (Å²) in [5.74, 6) is 0.556. The van der Waals surface area contributed by atoms with Gasteiger partial charge >= 0.3 is 0 Å². The molecule has 100 valence electrons. The third-order valence-electron chi connectivity index (χ3n) is 3.24. The van der Waals surface area contributed by atoms with Gasteiger partial charge in [0, 0.05) is 5.69 Å². The molecule has 3 heteroatoms. The first-order valence-electron chi connectivity index (χ1n) is 6.45. The number of aryl methyl sites for hydroxylation is 1. The average Bonchev–Trinajstić information content (AvgIpc) is 2.39. The van der Waals surface area contributed by atoms with Crippen LogP contribution in [0.15, 0.2) is 42.5 Å². The minimum absolute atomic E-state index is 0.184. The second-order valence-corrected chi connectivity index (χ2v) is 4.70. The van der Waals surface area contributed by atoms with Crippen molar-refractivity contribution in [2.45, 2.75) is 26.3 Å². The quantitative estimate of drug-likeness (QED) is 0.726. The molecule has 1 unspecified atom stereocenters. The molecule has 2 aromatic carbocycles. The van der Waals surface area contributed by atoms with Crippen molar-refractivity contribution in [3.05, 3.63) is 53.6 Å². The predicted molar refractivity (Wildman–Crippen MR) is 77.6 cm³/mol. The van der Waals surface area contributed by atoms with E-state index < -0.39 is 0 Å². The zero-order chi connectivity index (χ0) is 13.8. The summed E-state index contributed by atoms with van der Waals surface area (Å²) < 4.78 is 0. The molecule has 3 nitrogen and oxygen atoms in total. The molecule has 0 saturated carbocycles. The molecule has 0 amide bonds. The molecule has 0 aliphatic heterocycles. The molecule has 0 spiro atoms. The molecule has 0 heterocycles. The van der Waals surface area contributed by atoms with Gasteiger partial charge in [-0.05, 0) is 54.8 Å². The van der Waals surface area contributed by atoms with Gasteiger partial charge in [-0.3, -0.25) is 0 Å².